The summed E-state index contributed by atoms with van der Waals surface area (Å²) >= 11 is 6.70. The number of benzene rings is 2. The maximum atomic E-state index is 6.70. The summed E-state index contributed by atoms with van der Waals surface area (Å²) in [6.45, 7) is 17.5. The number of likely N-dealkylation sites (N-methyl/N-ethyl adjacent to an activating group) is 1. The molecule has 0 saturated carbocycles. The number of hydrogen-bond donors (Lipinski definition) is 2. The molecule has 6 heteroatoms. The first-order valence-corrected chi connectivity index (χ1v) is 13.6. The van der Waals surface area contributed by atoms with Gasteiger partial charge in [-0.05, 0) is 50.1 Å². The molecule has 1 aliphatic heterocycles. The smallest absolute Gasteiger partial charge is 0.0731 e. The number of allylic oxidation sites excluding steroid dienone is 1. The predicted molar refractivity (Wildman–Crippen MR) is 159 cm³/mol. The largest absolute Gasteiger partial charge is 0.372 e. The normalized spacial score (nSPS) is 15.6. The monoisotopic (exact) mass is 517 g/mol. The minimum absolute atomic E-state index is 0.439. The number of fused-ring (bicyclic) bond motifs is 1. The highest BCUT2D eigenvalue weighted by atomic mass is 35.5. The van der Waals surface area contributed by atoms with Gasteiger partial charge >= 0.3 is 0 Å². The standard InChI is InChI=1S/C31H40ClN5/c1-6-7-8-22(2)36-15-17-37(18-16-36)23(3)25-11-14-27-28(32)20-29(35-30(27)19-25)24-9-12-26(13-10-24)31(4,33)21-34-5/h9-14,19-20,34H,2-3,6-8,15-18,21,33H2,1,4-5H3. The van der Waals surface area contributed by atoms with Crippen LogP contribution >= 0.6 is 11.6 Å². The van der Waals surface area contributed by atoms with E-state index in [1.54, 1.807) is 0 Å². The molecule has 2 heterocycles. The zero-order valence-electron chi connectivity index (χ0n) is 22.5. The predicted octanol–water partition coefficient (Wildman–Crippen LogP) is 6.24. The second kappa shape index (κ2) is 11.7. The first-order chi connectivity index (χ1) is 17.7. The van der Waals surface area contributed by atoms with Crippen LogP contribution in [0, 0.1) is 0 Å². The third-order valence-corrected chi connectivity index (χ3v) is 7.72. The van der Waals surface area contributed by atoms with Crippen molar-refractivity contribution in [2.75, 3.05) is 39.8 Å². The molecule has 4 rings (SSSR count). The zero-order chi connectivity index (χ0) is 26.6. The van der Waals surface area contributed by atoms with E-state index in [2.05, 4.69) is 77.7 Å². The topological polar surface area (TPSA) is 57.4 Å². The van der Waals surface area contributed by atoms with E-state index in [0.29, 0.717) is 11.6 Å². The van der Waals surface area contributed by atoms with E-state index < -0.39 is 5.54 Å². The van der Waals surface area contributed by atoms with Crippen molar-refractivity contribution < 1.29 is 0 Å². The third kappa shape index (κ3) is 6.18. The molecule has 3 N–H and O–H groups in total. The number of aromatic nitrogens is 1. The summed E-state index contributed by atoms with van der Waals surface area (Å²) in [6.07, 6.45) is 3.49. The van der Waals surface area contributed by atoms with E-state index in [9.17, 15) is 0 Å². The van der Waals surface area contributed by atoms with E-state index in [4.69, 9.17) is 22.3 Å². The fraction of sp³-hybridized carbons (Fsp3) is 0.387. The van der Waals surface area contributed by atoms with Crippen LogP contribution in [0.4, 0.5) is 0 Å². The van der Waals surface area contributed by atoms with Crippen molar-refractivity contribution in [3.05, 3.63) is 83.5 Å². The van der Waals surface area contributed by atoms with Crippen LogP contribution in [0.2, 0.25) is 5.02 Å². The number of nitrogens with zero attached hydrogens (tertiary/aromatic N) is 3. The van der Waals surface area contributed by atoms with Crippen molar-refractivity contribution in [1.29, 1.82) is 0 Å². The highest BCUT2D eigenvalue weighted by molar-refractivity contribution is 6.35. The molecule has 1 unspecified atom stereocenters. The Labute approximate surface area is 227 Å². The number of pyridine rings is 1. The van der Waals surface area contributed by atoms with E-state index >= 15 is 0 Å². The van der Waals surface area contributed by atoms with Gasteiger partial charge in [0, 0.05) is 55.1 Å². The molecule has 0 aliphatic carbocycles. The van der Waals surface area contributed by atoms with Gasteiger partial charge in [-0.1, -0.05) is 74.5 Å². The summed E-state index contributed by atoms with van der Waals surface area (Å²) in [7, 11) is 1.91. The fourth-order valence-electron chi connectivity index (χ4n) is 5.02. The van der Waals surface area contributed by atoms with Gasteiger partial charge in [-0.3, -0.25) is 0 Å². The van der Waals surface area contributed by atoms with Crippen molar-refractivity contribution in [2.45, 2.75) is 38.6 Å². The second-order valence-corrected chi connectivity index (χ2v) is 10.7. The Hall–Kier alpha value is -2.86. The molecule has 1 saturated heterocycles. The maximum Gasteiger partial charge on any atom is 0.0731 e. The molecule has 5 nitrogen and oxygen atoms in total. The van der Waals surface area contributed by atoms with Gasteiger partial charge < -0.3 is 20.9 Å². The summed E-state index contributed by atoms with van der Waals surface area (Å²) in [6, 6.07) is 16.5. The summed E-state index contributed by atoms with van der Waals surface area (Å²) in [5, 5.41) is 4.80. The first kappa shape index (κ1) is 27.2. The van der Waals surface area contributed by atoms with Crippen molar-refractivity contribution in [3.8, 4) is 11.3 Å². The lowest BCUT2D eigenvalue weighted by Gasteiger charge is -2.39. The van der Waals surface area contributed by atoms with E-state index in [0.717, 1.165) is 71.6 Å². The molecule has 196 valence electrons. The maximum absolute atomic E-state index is 6.70. The summed E-state index contributed by atoms with van der Waals surface area (Å²) in [5.41, 5.74) is 13.2. The van der Waals surface area contributed by atoms with E-state index in [1.165, 1.54) is 18.5 Å². The Morgan fingerprint density at radius 3 is 2.38 bits per heavy atom. The van der Waals surface area contributed by atoms with Gasteiger partial charge in [-0.2, -0.15) is 0 Å². The summed E-state index contributed by atoms with van der Waals surface area (Å²) in [4.78, 5) is 9.77. The fourth-order valence-corrected chi connectivity index (χ4v) is 5.28. The highest BCUT2D eigenvalue weighted by Gasteiger charge is 2.21. The number of nitrogens with one attached hydrogen (secondary N) is 1. The van der Waals surface area contributed by atoms with Crippen molar-refractivity contribution in [2.24, 2.45) is 5.73 Å². The van der Waals surface area contributed by atoms with Crippen LogP contribution < -0.4 is 11.1 Å². The van der Waals surface area contributed by atoms with Gasteiger partial charge in [0.25, 0.3) is 0 Å². The Morgan fingerprint density at radius 1 is 1.05 bits per heavy atom. The molecule has 1 atom stereocenters. The molecule has 3 aromatic rings. The van der Waals surface area contributed by atoms with Crippen LogP contribution in [0.3, 0.4) is 0 Å². The van der Waals surface area contributed by atoms with Crippen LogP contribution in [0.1, 0.15) is 44.2 Å². The molecular weight excluding hydrogens is 478 g/mol. The minimum Gasteiger partial charge on any atom is -0.372 e. The summed E-state index contributed by atoms with van der Waals surface area (Å²) < 4.78 is 0. The van der Waals surface area contributed by atoms with Crippen LogP contribution in [-0.4, -0.2) is 54.6 Å². The molecule has 0 bridgehead atoms. The van der Waals surface area contributed by atoms with Crippen molar-refractivity contribution in [3.63, 3.8) is 0 Å². The lowest BCUT2D eigenvalue weighted by molar-refractivity contribution is 0.209. The van der Waals surface area contributed by atoms with Gasteiger partial charge in [-0.25, -0.2) is 4.98 Å². The molecule has 0 radical (unpaired) electrons. The Kier molecular flexibility index (Phi) is 8.58. The molecule has 1 aromatic heterocycles. The number of halogens is 1. The number of unbranched alkanes of at least 4 members (excludes halogenated alkanes) is 1. The average Bonchev–Trinajstić information content (AvgIpc) is 2.91. The Morgan fingerprint density at radius 2 is 1.73 bits per heavy atom. The molecule has 37 heavy (non-hydrogen) atoms. The van der Waals surface area contributed by atoms with E-state index in [1.807, 2.05) is 20.0 Å². The lowest BCUT2D eigenvalue weighted by Crippen LogP contribution is -2.44. The summed E-state index contributed by atoms with van der Waals surface area (Å²) in [5.74, 6) is 0. The van der Waals surface area contributed by atoms with Crippen molar-refractivity contribution >= 4 is 28.2 Å². The number of rotatable bonds is 10. The van der Waals surface area contributed by atoms with Crippen LogP contribution in [0.5, 0.6) is 0 Å². The van der Waals surface area contributed by atoms with Crippen LogP contribution in [-0.2, 0) is 5.54 Å². The van der Waals surface area contributed by atoms with E-state index in [-0.39, 0.29) is 0 Å². The molecule has 2 aromatic carbocycles. The first-order valence-electron chi connectivity index (χ1n) is 13.2. The second-order valence-electron chi connectivity index (χ2n) is 10.3. The number of piperazine rings is 1. The van der Waals surface area contributed by atoms with Gasteiger partial charge in [0.15, 0.2) is 0 Å². The molecular formula is C31H40ClN5. The number of hydrogen-bond acceptors (Lipinski definition) is 5. The third-order valence-electron chi connectivity index (χ3n) is 7.40. The average molecular weight is 518 g/mol. The van der Waals surface area contributed by atoms with Gasteiger partial charge in [0.05, 0.1) is 21.8 Å². The van der Waals surface area contributed by atoms with Crippen molar-refractivity contribution in [1.82, 2.24) is 20.1 Å². The Balaban J connectivity index is 1.52. The van der Waals surface area contributed by atoms with Gasteiger partial charge in [-0.15, -0.1) is 0 Å². The van der Waals surface area contributed by atoms with Crippen LogP contribution in [0.15, 0.2) is 67.4 Å². The molecule has 1 fully saturated rings. The number of nitrogens with two attached hydrogens (primary N) is 1. The highest BCUT2D eigenvalue weighted by Crippen LogP contribution is 2.31. The lowest BCUT2D eigenvalue weighted by atomic mass is 9.92. The van der Waals surface area contributed by atoms with Crippen LogP contribution in [0.25, 0.3) is 27.9 Å². The molecule has 1 aliphatic rings. The van der Waals surface area contributed by atoms with Gasteiger partial charge in [0.2, 0.25) is 0 Å². The Bertz CT molecular complexity index is 1260. The SMILES string of the molecule is C=C(CCCC)N1CCN(C(=C)c2ccc3c(Cl)cc(-c4ccc(C(C)(N)CNC)cc4)nc3c2)CC1. The minimum atomic E-state index is -0.439. The van der Waals surface area contributed by atoms with Gasteiger partial charge in [0.1, 0.15) is 0 Å². The zero-order valence-corrected chi connectivity index (χ0v) is 23.2. The molecule has 0 amide bonds. The molecule has 0 spiro atoms. The quantitative estimate of drug-likeness (QED) is 0.333.